The van der Waals surface area contributed by atoms with E-state index in [9.17, 15) is 10.1 Å². The normalized spacial score (nSPS) is 22.3. The van der Waals surface area contributed by atoms with Crippen molar-refractivity contribution in [3.05, 3.63) is 28.3 Å². The Balaban J connectivity index is 2.11. The molecule has 1 aromatic rings. The number of nitro benzene ring substituents is 1. The summed E-state index contributed by atoms with van der Waals surface area (Å²) in [6.45, 7) is 4.52. The Kier molecular flexibility index (Phi) is 4.82. The SMILES string of the molecule is CCOc1cc(NC2CCCC(C)C2)ccc1[N+](=O)[O-]. The molecule has 5 nitrogen and oxygen atoms in total. The standard InChI is InChI=1S/C15H22N2O3/c1-3-20-15-10-13(7-8-14(15)17(18)19)16-12-6-4-5-11(2)9-12/h7-8,10-12,16H,3-6,9H2,1-2H3. The molecule has 20 heavy (non-hydrogen) atoms. The van der Waals surface area contributed by atoms with Crippen LogP contribution in [-0.2, 0) is 0 Å². The van der Waals surface area contributed by atoms with Gasteiger partial charge in [-0.15, -0.1) is 0 Å². The Morgan fingerprint density at radius 1 is 1.45 bits per heavy atom. The summed E-state index contributed by atoms with van der Waals surface area (Å²) in [6.07, 6.45) is 4.85. The van der Waals surface area contributed by atoms with Gasteiger partial charge in [0.25, 0.3) is 0 Å². The van der Waals surface area contributed by atoms with Crippen LogP contribution in [0.25, 0.3) is 0 Å². The highest BCUT2D eigenvalue weighted by atomic mass is 16.6. The van der Waals surface area contributed by atoms with Crippen molar-refractivity contribution in [1.29, 1.82) is 0 Å². The monoisotopic (exact) mass is 278 g/mol. The smallest absolute Gasteiger partial charge is 0.311 e. The lowest BCUT2D eigenvalue weighted by molar-refractivity contribution is -0.385. The molecule has 2 unspecified atom stereocenters. The van der Waals surface area contributed by atoms with Gasteiger partial charge >= 0.3 is 5.69 Å². The zero-order valence-electron chi connectivity index (χ0n) is 12.1. The molecule has 1 aliphatic rings. The molecule has 0 spiro atoms. The van der Waals surface area contributed by atoms with Crippen LogP contribution in [-0.4, -0.2) is 17.6 Å². The molecule has 1 aromatic carbocycles. The first-order valence-corrected chi connectivity index (χ1v) is 7.28. The van der Waals surface area contributed by atoms with Gasteiger partial charge in [-0.25, -0.2) is 0 Å². The molecule has 0 amide bonds. The number of hydrogen-bond donors (Lipinski definition) is 1. The molecule has 5 heteroatoms. The number of hydrogen-bond acceptors (Lipinski definition) is 4. The van der Waals surface area contributed by atoms with E-state index in [0.29, 0.717) is 18.4 Å². The number of nitrogens with one attached hydrogen (secondary N) is 1. The van der Waals surface area contributed by atoms with Gasteiger partial charge in [-0.2, -0.15) is 0 Å². The number of rotatable bonds is 5. The minimum absolute atomic E-state index is 0.0226. The van der Waals surface area contributed by atoms with E-state index in [-0.39, 0.29) is 5.69 Å². The Bertz CT molecular complexity index is 476. The van der Waals surface area contributed by atoms with Crippen molar-refractivity contribution in [1.82, 2.24) is 0 Å². The fourth-order valence-electron chi connectivity index (χ4n) is 2.83. The molecule has 0 heterocycles. The third kappa shape index (κ3) is 3.62. The van der Waals surface area contributed by atoms with E-state index in [1.54, 1.807) is 12.1 Å². The van der Waals surface area contributed by atoms with Gasteiger partial charge in [0.2, 0.25) is 0 Å². The van der Waals surface area contributed by atoms with Gasteiger partial charge in [-0.1, -0.05) is 19.8 Å². The number of benzene rings is 1. The third-order valence-electron chi connectivity index (χ3n) is 3.76. The first kappa shape index (κ1) is 14.6. The van der Waals surface area contributed by atoms with E-state index in [1.807, 2.05) is 6.92 Å². The van der Waals surface area contributed by atoms with Gasteiger partial charge in [-0.3, -0.25) is 10.1 Å². The van der Waals surface area contributed by atoms with Gasteiger partial charge in [0, 0.05) is 23.9 Å². The van der Waals surface area contributed by atoms with Crippen LogP contribution in [0, 0.1) is 16.0 Å². The highest BCUT2D eigenvalue weighted by Crippen LogP contribution is 2.32. The fraction of sp³-hybridized carbons (Fsp3) is 0.600. The summed E-state index contributed by atoms with van der Waals surface area (Å²) in [7, 11) is 0. The summed E-state index contributed by atoms with van der Waals surface area (Å²) in [4.78, 5) is 10.5. The quantitative estimate of drug-likeness (QED) is 0.653. The van der Waals surface area contributed by atoms with Gasteiger partial charge in [0.1, 0.15) is 0 Å². The van der Waals surface area contributed by atoms with E-state index in [4.69, 9.17) is 4.74 Å². The van der Waals surface area contributed by atoms with Crippen molar-refractivity contribution in [2.75, 3.05) is 11.9 Å². The highest BCUT2D eigenvalue weighted by molar-refractivity contribution is 5.58. The van der Waals surface area contributed by atoms with Crippen molar-refractivity contribution in [3.8, 4) is 5.75 Å². The third-order valence-corrected chi connectivity index (χ3v) is 3.76. The number of nitrogens with zero attached hydrogens (tertiary/aromatic N) is 1. The lowest BCUT2D eigenvalue weighted by Crippen LogP contribution is -2.26. The van der Waals surface area contributed by atoms with Crippen LogP contribution in [0.15, 0.2) is 18.2 Å². The topological polar surface area (TPSA) is 64.4 Å². The van der Waals surface area contributed by atoms with Crippen molar-refractivity contribution < 1.29 is 9.66 Å². The van der Waals surface area contributed by atoms with Crippen molar-refractivity contribution in [3.63, 3.8) is 0 Å². The largest absolute Gasteiger partial charge is 0.487 e. The van der Waals surface area contributed by atoms with Crippen LogP contribution >= 0.6 is 0 Å². The van der Waals surface area contributed by atoms with Gasteiger partial charge in [-0.05, 0) is 31.7 Å². The van der Waals surface area contributed by atoms with Gasteiger partial charge < -0.3 is 10.1 Å². The van der Waals surface area contributed by atoms with E-state index in [1.165, 1.54) is 18.9 Å². The summed E-state index contributed by atoms with van der Waals surface area (Å²) in [5, 5.41) is 14.4. The first-order valence-electron chi connectivity index (χ1n) is 7.28. The predicted octanol–water partition coefficient (Wildman–Crippen LogP) is 3.98. The van der Waals surface area contributed by atoms with Crippen LogP contribution in [0.2, 0.25) is 0 Å². The lowest BCUT2D eigenvalue weighted by atomic mass is 9.87. The first-order chi connectivity index (χ1) is 9.60. The minimum atomic E-state index is -0.405. The molecular formula is C15H22N2O3. The molecule has 1 saturated carbocycles. The summed E-state index contributed by atoms with van der Waals surface area (Å²) in [6, 6.07) is 5.47. The number of anilines is 1. The van der Waals surface area contributed by atoms with E-state index in [0.717, 1.165) is 24.4 Å². The van der Waals surface area contributed by atoms with Crippen molar-refractivity contribution in [2.45, 2.75) is 45.6 Å². The van der Waals surface area contributed by atoms with Gasteiger partial charge in [0.05, 0.1) is 11.5 Å². The fourth-order valence-corrected chi connectivity index (χ4v) is 2.83. The van der Waals surface area contributed by atoms with Crippen LogP contribution in [0.4, 0.5) is 11.4 Å². The lowest BCUT2D eigenvalue weighted by Gasteiger charge is -2.28. The summed E-state index contributed by atoms with van der Waals surface area (Å²) in [5.74, 6) is 1.08. The summed E-state index contributed by atoms with van der Waals surface area (Å²) in [5.41, 5.74) is 0.924. The second-order valence-corrected chi connectivity index (χ2v) is 5.49. The molecule has 0 aliphatic heterocycles. The second-order valence-electron chi connectivity index (χ2n) is 5.49. The maximum atomic E-state index is 10.9. The van der Waals surface area contributed by atoms with Crippen molar-refractivity contribution in [2.24, 2.45) is 5.92 Å². The summed E-state index contributed by atoms with van der Waals surface area (Å²) < 4.78 is 5.37. The molecule has 2 rings (SSSR count). The minimum Gasteiger partial charge on any atom is -0.487 e. The molecule has 1 aliphatic carbocycles. The van der Waals surface area contributed by atoms with Crippen molar-refractivity contribution >= 4 is 11.4 Å². The molecule has 0 bridgehead atoms. The Hall–Kier alpha value is -1.78. The Morgan fingerprint density at radius 2 is 2.25 bits per heavy atom. The second kappa shape index (κ2) is 6.59. The Labute approximate surface area is 119 Å². The summed E-state index contributed by atoms with van der Waals surface area (Å²) >= 11 is 0. The van der Waals surface area contributed by atoms with Crippen LogP contribution < -0.4 is 10.1 Å². The molecule has 110 valence electrons. The average Bonchev–Trinajstić information content (AvgIpc) is 2.39. The maximum Gasteiger partial charge on any atom is 0.311 e. The van der Waals surface area contributed by atoms with E-state index in [2.05, 4.69) is 12.2 Å². The van der Waals surface area contributed by atoms with Crippen LogP contribution in [0.3, 0.4) is 0 Å². The maximum absolute atomic E-state index is 10.9. The van der Waals surface area contributed by atoms with E-state index >= 15 is 0 Å². The van der Waals surface area contributed by atoms with E-state index < -0.39 is 4.92 Å². The zero-order valence-corrected chi connectivity index (χ0v) is 12.1. The molecule has 1 fully saturated rings. The van der Waals surface area contributed by atoms with Crippen LogP contribution in [0.5, 0.6) is 5.75 Å². The Morgan fingerprint density at radius 3 is 2.90 bits per heavy atom. The molecule has 2 atom stereocenters. The average molecular weight is 278 g/mol. The molecule has 0 radical (unpaired) electrons. The van der Waals surface area contributed by atoms with Gasteiger partial charge in [0.15, 0.2) is 5.75 Å². The highest BCUT2D eigenvalue weighted by Gasteiger charge is 2.20. The number of nitro groups is 1. The van der Waals surface area contributed by atoms with Crippen LogP contribution in [0.1, 0.15) is 39.5 Å². The molecule has 0 aromatic heterocycles. The zero-order chi connectivity index (χ0) is 14.5. The number of ether oxygens (including phenoxy) is 1. The molecule has 1 N–H and O–H groups in total. The molecule has 0 saturated heterocycles. The molecular weight excluding hydrogens is 256 g/mol. The predicted molar refractivity (Wildman–Crippen MR) is 79.3 cm³/mol.